The molecule has 7 heteroatoms. The normalized spacial score (nSPS) is 11.3. The van der Waals surface area contributed by atoms with E-state index in [4.69, 9.17) is 22.5 Å². The smallest absolute Gasteiger partial charge is 0.238 e. The lowest BCUT2D eigenvalue weighted by molar-refractivity contribution is 0.598. The summed E-state index contributed by atoms with van der Waals surface area (Å²) in [6.45, 7) is 1.89. The Morgan fingerprint density at radius 2 is 1.90 bits per heavy atom. The molecule has 0 aliphatic heterocycles. The number of nitrogens with one attached hydrogen (secondary N) is 1. The van der Waals surface area contributed by atoms with E-state index in [1.807, 2.05) is 19.1 Å². The number of rotatable bonds is 3. The Kier molecular flexibility index (Phi) is 3.89. The summed E-state index contributed by atoms with van der Waals surface area (Å²) in [4.78, 5) is -0.0512. The number of nitrogen functional groups attached to an aromatic ring is 1. The van der Waals surface area contributed by atoms with Crippen molar-refractivity contribution in [2.45, 2.75) is 11.8 Å². The van der Waals surface area contributed by atoms with Gasteiger partial charge in [0.1, 0.15) is 0 Å². The predicted octanol–water partition coefficient (Wildman–Crippen LogP) is 2.62. The average Bonchev–Trinajstić information content (AvgIpc) is 2.32. The van der Waals surface area contributed by atoms with Crippen LogP contribution in [0.2, 0.25) is 5.02 Å². The zero-order chi connectivity index (χ0) is 14.9. The van der Waals surface area contributed by atoms with Gasteiger partial charge >= 0.3 is 0 Å². The highest BCUT2D eigenvalue weighted by atomic mass is 35.5. The minimum Gasteiger partial charge on any atom is -0.399 e. The van der Waals surface area contributed by atoms with E-state index < -0.39 is 10.0 Å². The maximum atomic E-state index is 11.4. The second kappa shape index (κ2) is 5.32. The topological polar surface area (TPSA) is 98.2 Å². The molecule has 0 radical (unpaired) electrons. The fourth-order valence-electron chi connectivity index (χ4n) is 1.79. The number of hydrogen-bond donors (Lipinski definition) is 3. The monoisotopic (exact) mass is 311 g/mol. The van der Waals surface area contributed by atoms with E-state index in [9.17, 15) is 8.42 Å². The van der Waals surface area contributed by atoms with Crippen molar-refractivity contribution in [3.8, 4) is 0 Å². The van der Waals surface area contributed by atoms with Gasteiger partial charge in [-0.2, -0.15) is 0 Å². The summed E-state index contributed by atoms with van der Waals surface area (Å²) in [6, 6.07) is 9.79. The number of halogens is 1. The molecule has 5 nitrogen and oxygen atoms in total. The molecule has 0 aliphatic rings. The number of aryl methyl sites for hydroxylation is 1. The number of hydrogen-bond acceptors (Lipinski definition) is 4. The van der Waals surface area contributed by atoms with Crippen LogP contribution in [0.5, 0.6) is 0 Å². The van der Waals surface area contributed by atoms with Crippen molar-refractivity contribution in [2.75, 3.05) is 11.1 Å². The first-order chi connectivity index (χ1) is 9.27. The molecule has 0 spiro atoms. The Balaban J connectivity index is 2.47. The standard InChI is InChI=1S/C13H14ClN3O2S/c1-8-3-2-4-12(14)13(8)17-10-5-9(15)6-11(7-10)20(16,18)19/h2-7,17H,15H2,1H3,(H2,16,18,19). The predicted molar refractivity (Wildman–Crippen MR) is 81.7 cm³/mol. The Bertz CT molecular complexity index is 740. The molecule has 0 aliphatic carbocycles. The Hall–Kier alpha value is -1.76. The van der Waals surface area contributed by atoms with Crippen LogP contribution >= 0.6 is 11.6 Å². The van der Waals surface area contributed by atoms with Crippen LogP contribution < -0.4 is 16.2 Å². The van der Waals surface area contributed by atoms with Gasteiger partial charge < -0.3 is 11.1 Å². The highest BCUT2D eigenvalue weighted by molar-refractivity contribution is 7.89. The minimum atomic E-state index is -3.81. The number of nitrogens with two attached hydrogens (primary N) is 2. The van der Waals surface area contributed by atoms with Crippen LogP contribution in [0.25, 0.3) is 0 Å². The second-order valence-corrected chi connectivity index (χ2v) is 6.36. The molecular weight excluding hydrogens is 298 g/mol. The molecule has 0 heterocycles. The molecule has 2 aromatic rings. The van der Waals surface area contributed by atoms with Crippen LogP contribution in [-0.4, -0.2) is 8.42 Å². The first-order valence-electron chi connectivity index (χ1n) is 5.73. The van der Waals surface area contributed by atoms with Crippen molar-refractivity contribution in [1.82, 2.24) is 0 Å². The van der Waals surface area contributed by atoms with Crippen molar-refractivity contribution in [3.63, 3.8) is 0 Å². The number of sulfonamides is 1. The molecule has 0 bridgehead atoms. The number of para-hydroxylation sites is 1. The lowest BCUT2D eigenvalue weighted by Crippen LogP contribution is -2.12. The van der Waals surface area contributed by atoms with E-state index in [-0.39, 0.29) is 4.90 Å². The van der Waals surface area contributed by atoms with Crippen molar-refractivity contribution in [1.29, 1.82) is 0 Å². The molecule has 0 aromatic heterocycles. The van der Waals surface area contributed by atoms with Gasteiger partial charge in [-0.15, -0.1) is 0 Å². The van der Waals surface area contributed by atoms with Crippen molar-refractivity contribution < 1.29 is 8.42 Å². The highest BCUT2D eigenvalue weighted by Crippen LogP contribution is 2.30. The van der Waals surface area contributed by atoms with Crippen LogP contribution in [0.3, 0.4) is 0 Å². The molecule has 0 amide bonds. The third-order valence-corrected chi connectivity index (χ3v) is 3.96. The molecule has 5 N–H and O–H groups in total. The van der Waals surface area contributed by atoms with Crippen molar-refractivity contribution >= 4 is 38.7 Å². The quantitative estimate of drug-likeness (QED) is 0.759. The van der Waals surface area contributed by atoms with E-state index in [0.717, 1.165) is 5.56 Å². The summed E-state index contributed by atoms with van der Waals surface area (Å²) in [5.41, 5.74) is 8.12. The maximum absolute atomic E-state index is 11.4. The van der Waals surface area contributed by atoms with Gasteiger partial charge in [0.25, 0.3) is 0 Å². The molecule has 0 fully saturated rings. The van der Waals surface area contributed by atoms with Gasteiger partial charge in [0.05, 0.1) is 15.6 Å². The van der Waals surface area contributed by atoms with Gasteiger partial charge in [0, 0.05) is 11.4 Å². The SMILES string of the molecule is Cc1cccc(Cl)c1Nc1cc(N)cc(S(N)(=O)=O)c1. The van der Waals surface area contributed by atoms with Gasteiger partial charge in [-0.1, -0.05) is 23.7 Å². The van der Waals surface area contributed by atoms with Gasteiger partial charge in [-0.25, -0.2) is 13.6 Å². The van der Waals surface area contributed by atoms with Crippen LogP contribution in [-0.2, 0) is 10.0 Å². The fraction of sp³-hybridized carbons (Fsp3) is 0.0769. The first kappa shape index (κ1) is 14.6. The largest absolute Gasteiger partial charge is 0.399 e. The Morgan fingerprint density at radius 3 is 2.50 bits per heavy atom. The third-order valence-electron chi connectivity index (χ3n) is 2.75. The number of benzene rings is 2. The minimum absolute atomic E-state index is 0.0512. The van der Waals surface area contributed by atoms with E-state index in [1.54, 1.807) is 12.1 Å². The van der Waals surface area contributed by atoms with Crippen molar-refractivity contribution in [3.05, 3.63) is 47.0 Å². The van der Waals surface area contributed by atoms with E-state index >= 15 is 0 Å². The molecule has 0 unspecified atom stereocenters. The second-order valence-electron chi connectivity index (χ2n) is 4.39. The highest BCUT2D eigenvalue weighted by Gasteiger charge is 2.11. The summed E-state index contributed by atoms with van der Waals surface area (Å²) < 4.78 is 22.8. The van der Waals surface area contributed by atoms with Gasteiger partial charge in [0.2, 0.25) is 10.0 Å². The summed E-state index contributed by atoms with van der Waals surface area (Å²) in [6.07, 6.45) is 0. The summed E-state index contributed by atoms with van der Waals surface area (Å²) in [5, 5.41) is 8.70. The van der Waals surface area contributed by atoms with Gasteiger partial charge in [-0.3, -0.25) is 0 Å². The third kappa shape index (κ3) is 3.22. The maximum Gasteiger partial charge on any atom is 0.238 e. The average molecular weight is 312 g/mol. The summed E-state index contributed by atoms with van der Waals surface area (Å²) >= 11 is 6.11. The Morgan fingerprint density at radius 1 is 1.20 bits per heavy atom. The Labute approximate surface area is 122 Å². The molecule has 0 saturated heterocycles. The fourth-order valence-corrected chi connectivity index (χ4v) is 2.65. The lowest BCUT2D eigenvalue weighted by Gasteiger charge is -2.13. The van der Waals surface area contributed by atoms with Crippen LogP contribution in [0.4, 0.5) is 17.1 Å². The molecule has 0 saturated carbocycles. The summed E-state index contributed by atoms with van der Waals surface area (Å²) in [7, 11) is -3.81. The zero-order valence-electron chi connectivity index (χ0n) is 10.7. The number of anilines is 3. The molecule has 106 valence electrons. The van der Waals surface area contributed by atoms with Gasteiger partial charge in [0.15, 0.2) is 0 Å². The first-order valence-corrected chi connectivity index (χ1v) is 7.65. The zero-order valence-corrected chi connectivity index (χ0v) is 12.3. The molecule has 0 atom stereocenters. The van der Waals surface area contributed by atoms with E-state index in [1.165, 1.54) is 12.1 Å². The van der Waals surface area contributed by atoms with E-state index in [0.29, 0.717) is 22.1 Å². The van der Waals surface area contributed by atoms with Crippen LogP contribution in [0.15, 0.2) is 41.3 Å². The molecular formula is C13H14ClN3O2S. The lowest BCUT2D eigenvalue weighted by atomic mass is 10.2. The van der Waals surface area contributed by atoms with Crippen LogP contribution in [0.1, 0.15) is 5.56 Å². The van der Waals surface area contributed by atoms with Crippen molar-refractivity contribution in [2.24, 2.45) is 5.14 Å². The van der Waals surface area contributed by atoms with E-state index in [2.05, 4.69) is 5.32 Å². The van der Waals surface area contributed by atoms with Crippen LogP contribution in [0, 0.1) is 6.92 Å². The summed E-state index contributed by atoms with van der Waals surface area (Å²) in [5.74, 6) is 0. The number of primary sulfonamides is 1. The van der Waals surface area contributed by atoms with Gasteiger partial charge in [-0.05, 0) is 36.8 Å². The molecule has 2 aromatic carbocycles. The molecule has 20 heavy (non-hydrogen) atoms. The molecule has 2 rings (SSSR count).